The molecule has 0 radical (unpaired) electrons. The molecule has 0 unspecified atom stereocenters. The summed E-state index contributed by atoms with van der Waals surface area (Å²) in [6.45, 7) is 0.244. The molecule has 2 aromatic carbocycles. The van der Waals surface area contributed by atoms with Gasteiger partial charge in [0.25, 0.3) is 0 Å². The third kappa shape index (κ3) is 5.91. The van der Waals surface area contributed by atoms with Crippen LogP contribution in [0.25, 0.3) is 0 Å². The van der Waals surface area contributed by atoms with Gasteiger partial charge in [-0.25, -0.2) is 17.2 Å². The number of amides is 1. The highest BCUT2D eigenvalue weighted by molar-refractivity contribution is 7.92. The van der Waals surface area contributed by atoms with Crippen molar-refractivity contribution in [1.82, 2.24) is 5.32 Å². The highest BCUT2D eigenvalue weighted by Gasteiger charge is 2.19. The fourth-order valence-corrected chi connectivity index (χ4v) is 3.60. The Labute approximate surface area is 163 Å². The molecule has 0 heterocycles. The summed E-state index contributed by atoms with van der Waals surface area (Å²) in [5.41, 5.74) is 0.828. The van der Waals surface area contributed by atoms with Crippen LogP contribution in [0.1, 0.15) is 18.4 Å². The topological polar surface area (TPSA) is 75.7 Å². The Balaban J connectivity index is 1.93. The highest BCUT2D eigenvalue weighted by Crippen LogP contribution is 2.21. The Morgan fingerprint density at radius 1 is 1.14 bits per heavy atom. The lowest BCUT2D eigenvalue weighted by Crippen LogP contribution is -2.32. The van der Waals surface area contributed by atoms with E-state index < -0.39 is 21.7 Å². The molecule has 0 atom stereocenters. The minimum absolute atomic E-state index is 0.0100. The van der Waals surface area contributed by atoms with E-state index in [1.54, 1.807) is 13.2 Å². The summed E-state index contributed by atoms with van der Waals surface area (Å²) in [6.07, 6.45) is 1.25. The number of hydrogen-bond acceptors (Lipinski definition) is 4. The first-order chi connectivity index (χ1) is 13.2. The van der Waals surface area contributed by atoms with Crippen molar-refractivity contribution in [2.24, 2.45) is 0 Å². The summed E-state index contributed by atoms with van der Waals surface area (Å²) in [4.78, 5) is 12.1. The van der Waals surface area contributed by atoms with E-state index in [1.165, 1.54) is 6.07 Å². The highest BCUT2D eigenvalue weighted by atomic mass is 32.2. The summed E-state index contributed by atoms with van der Waals surface area (Å²) < 4.78 is 56.6. The van der Waals surface area contributed by atoms with Crippen molar-refractivity contribution in [2.45, 2.75) is 19.4 Å². The minimum atomic E-state index is -3.71. The average molecular weight is 412 g/mol. The standard InChI is InChI=1S/C19H22F2N2O4S/c1-27-18-7-4-3-6-14(18)13-22-19(24)8-5-11-23(28(2,25)26)15-9-10-16(20)17(21)12-15/h3-4,6-7,9-10,12H,5,8,11,13H2,1-2H3,(H,22,24). The smallest absolute Gasteiger partial charge is 0.232 e. The van der Waals surface area contributed by atoms with E-state index in [2.05, 4.69) is 5.32 Å². The van der Waals surface area contributed by atoms with Crippen LogP contribution in [0, 0.1) is 11.6 Å². The number of carbonyl (C=O) groups excluding carboxylic acids is 1. The van der Waals surface area contributed by atoms with Crippen LogP contribution < -0.4 is 14.4 Å². The Kier molecular flexibility index (Phi) is 7.33. The van der Waals surface area contributed by atoms with Crippen LogP contribution in [0.4, 0.5) is 14.5 Å². The minimum Gasteiger partial charge on any atom is -0.496 e. The predicted octanol–water partition coefficient (Wildman–Crippen LogP) is 2.84. The largest absolute Gasteiger partial charge is 0.496 e. The lowest BCUT2D eigenvalue weighted by molar-refractivity contribution is -0.121. The van der Waals surface area contributed by atoms with E-state index >= 15 is 0 Å². The number of nitrogens with zero attached hydrogens (tertiary/aromatic N) is 1. The van der Waals surface area contributed by atoms with Gasteiger partial charge in [-0.3, -0.25) is 9.10 Å². The van der Waals surface area contributed by atoms with Gasteiger partial charge in [0.05, 0.1) is 19.1 Å². The predicted molar refractivity (Wildman–Crippen MR) is 103 cm³/mol. The second-order valence-corrected chi connectivity index (χ2v) is 8.03. The fraction of sp³-hybridized carbons (Fsp3) is 0.316. The number of hydrogen-bond donors (Lipinski definition) is 1. The van der Waals surface area contributed by atoms with E-state index in [4.69, 9.17) is 4.74 Å². The molecule has 28 heavy (non-hydrogen) atoms. The zero-order chi connectivity index (χ0) is 20.7. The maximum absolute atomic E-state index is 13.4. The summed E-state index contributed by atoms with van der Waals surface area (Å²) in [7, 11) is -2.17. The van der Waals surface area contributed by atoms with Gasteiger partial charge in [-0.1, -0.05) is 18.2 Å². The van der Waals surface area contributed by atoms with Crippen molar-refractivity contribution in [1.29, 1.82) is 0 Å². The molecule has 1 N–H and O–H groups in total. The molecule has 0 saturated carbocycles. The van der Waals surface area contributed by atoms with Gasteiger partial charge in [-0.2, -0.15) is 0 Å². The average Bonchev–Trinajstić information content (AvgIpc) is 2.65. The number of carbonyl (C=O) groups is 1. The van der Waals surface area contributed by atoms with Gasteiger partial charge in [0.2, 0.25) is 15.9 Å². The number of nitrogens with one attached hydrogen (secondary N) is 1. The summed E-state index contributed by atoms with van der Waals surface area (Å²) in [5, 5.41) is 2.75. The zero-order valence-electron chi connectivity index (χ0n) is 15.6. The molecule has 0 aliphatic heterocycles. The number of para-hydroxylation sites is 1. The maximum Gasteiger partial charge on any atom is 0.232 e. The number of rotatable bonds is 9. The fourth-order valence-electron chi connectivity index (χ4n) is 2.64. The van der Waals surface area contributed by atoms with Crippen LogP contribution in [-0.4, -0.2) is 34.2 Å². The summed E-state index contributed by atoms with van der Waals surface area (Å²) in [6, 6.07) is 10.1. The molecule has 0 aromatic heterocycles. The molecule has 1 amide bonds. The van der Waals surface area contributed by atoms with Crippen molar-refractivity contribution in [3.63, 3.8) is 0 Å². The van der Waals surface area contributed by atoms with Gasteiger partial charge in [-0.15, -0.1) is 0 Å². The van der Waals surface area contributed by atoms with E-state index in [0.29, 0.717) is 5.75 Å². The van der Waals surface area contributed by atoms with E-state index in [0.717, 1.165) is 28.3 Å². The van der Waals surface area contributed by atoms with Gasteiger partial charge in [0, 0.05) is 31.1 Å². The lowest BCUT2D eigenvalue weighted by atomic mass is 10.2. The number of ether oxygens (including phenoxy) is 1. The van der Waals surface area contributed by atoms with Crippen LogP contribution in [0.5, 0.6) is 5.75 Å². The number of sulfonamides is 1. The number of anilines is 1. The van der Waals surface area contributed by atoms with Crippen LogP contribution in [0.15, 0.2) is 42.5 Å². The second kappa shape index (κ2) is 9.50. The van der Waals surface area contributed by atoms with Crippen LogP contribution >= 0.6 is 0 Å². The van der Waals surface area contributed by atoms with E-state index in [1.807, 2.05) is 18.2 Å². The van der Waals surface area contributed by atoms with Crippen molar-refractivity contribution >= 4 is 21.6 Å². The molecular formula is C19H22F2N2O4S. The number of benzene rings is 2. The quantitative estimate of drug-likeness (QED) is 0.687. The first-order valence-electron chi connectivity index (χ1n) is 8.53. The first-order valence-corrected chi connectivity index (χ1v) is 10.4. The van der Waals surface area contributed by atoms with Gasteiger partial charge in [0.15, 0.2) is 11.6 Å². The Morgan fingerprint density at radius 3 is 2.50 bits per heavy atom. The lowest BCUT2D eigenvalue weighted by Gasteiger charge is -2.22. The molecule has 2 aromatic rings. The molecule has 152 valence electrons. The van der Waals surface area contributed by atoms with E-state index in [9.17, 15) is 22.0 Å². The van der Waals surface area contributed by atoms with Crippen LogP contribution in [-0.2, 0) is 21.4 Å². The van der Waals surface area contributed by atoms with Crippen molar-refractivity contribution < 1.29 is 26.7 Å². The molecule has 0 spiro atoms. The summed E-state index contributed by atoms with van der Waals surface area (Å²) >= 11 is 0. The SMILES string of the molecule is COc1ccccc1CNC(=O)CCCN(c1ccc(F)c(F)c1)S(C)(=O)=O. The zero-order valence-corrected chi connectivity index (χ0v) is 16.4. The van der Waals surface area contributed by atoms with Crippen molar-refractivity contribution in [3.8, 4) is 5.75 Å². The summed E-state index contributed by atoms with van der Waals surface area (Å²) in [5.74, 6) is -1.80. The van der Waals surface area contributed by atoms with Gasteiger partial charge < -0.3 is 10.1 Å². The number of halogens is 2. The second-order valence-electron chi connectivity index (χ2n) is 6.13. The Bertz CT molecular complexity index is 935. The molecule has 0 aliphatic rings. The molecule has 0 bridgehead atoms. The Morgan fingerprint density at radius 2 is 1.86 bits per heavy atom. The third-order valence-corrected chi connectivity index (χ3v) is 5.22. The molecule has 2 rings (SSSR count). The number of methoxy groups -OCH3 is 1. The normalized spacial score (nSPS) is 11.1. The maximum atomic E-state index is 13.4. The van der Waals surface area contributed by atoms with Crippen molar-refractivity contribution in [2.75, 3.05) is 24.2 Å². The third-order valence-electron chi connectivity index (χ3n) is 4.03. The van der Waals surface area contributed by atoms with Gasteiger partial charge >= 0.3 is 0 Å². The van der Waals surface area contributed by atoms with Crippen LogP contribution in [0.2, 0.25) is 0 Å². The molecule has 9 heteroatoms. The van der Waals surface area contributed by atoms with Crippen molar-refractivity contribution in [3.05, 3.63) is 59.7 Å². The molecule has 0 fully saturated rings. The monoisotopic (exact) mass is 412 g/mol. The molecule has 6 nitrogen and oxygen atoms in total. The Hall–Kier alpha value is -2.68. The van der Waals surface area contributed by atoms with E-state index in [-0.39, 0.29) is 37.5 Å². The van der Waals surface area contributed by atoms with Gasteiger partial charge in [0.1, 0.15) is 5.75 Å². The van der Waals surface area contributed by atoms with Gasteiger partial charge in [-0.05, 0) is 24.6 Å². The molecule has 0 aliphatic carbocycles. The molecule has 0 saturated heterocycles. The van der Waals surface area contributed by atoms with Crippen LogP contribution in [0.3, 0.4) is 0 Å². The molecular weight excluding hydrogens is 390 g/mol. The first kappa shape index (κ1) is 21.6.